The van der Waals surface area contributed by atoms with E-state index in [1.807, 2.05) is 0 Å². The lowest BCUT2D eigenvalue weighted by Crippen LogP contribution is -2.39. The van der Waals surface area contributed by atoms with Crippen molar-refractivity contribution in [2.75, 3.05) is 20.1 Å². The molecule has 2 aromatic rings. The van der Waals surface area contributed by atoms with E-state index in [9.17, 15) is 9.18 Å². The molecule has 1 aliphatic heterocycles. The van der Waals surface area contributed by atoms with Crippen LogP contribution in [0, 0.1) is 11.7 Å². The van der Waals surface area contributed by atoms with E-state index in [4.69, 9.17) is 4.52 Å². The number of carbonyl (C=O) groups excluding carboxylic acids is 1. The fourth-order valence-corrected chi connectivity index (χ4v) is 2.79. The highest BCUT2D eigenvalue weighted by molar-refractivity contribution is 5.78. The van der Waals surface area contributed by atoms with Gasteiger partial charge in [0.15, 0.2) is 5.82 Å². The molecule has 1 saturated heterocycles. The van der Waals surface area contributed by atoms with E-state index in [0.29, 0.717) is 23.8 Å². The van der Waals surface area contributed by atoms with Gasteiger partial charge < -0.3 is 9.84 Å². The molecule has 0 saturated carbocycles. The van der Waals surface area contributed by atoms with Crippen molar-refractivity contribution in [3.05, 3.63) is 35.9 Å². The van der Waals surface area contributed by atoms with Gasteiger partial charge in [-0.3, -0.25) is 9.69 Å². The normalized spacial score (nSPS) is 16.4. The minimum absolute atomic E-state index is 0.0938. The zero-order chi connectivity index (χ0) is 16.2. The Morgan fingerprint density at radius 3 is 2.70 bits per heavy atom. The maximum atomic E-state index is 12.9. The number of hydrogen-bond acceptors (Lipinski definition) is 5. The molecule has 0 aliphatic carbocycles. The highest BCUT2D eigenvalue weighted by Gasteiger charge is 2.25. The van der Waals surface area contributed by atoms with Crippen LogP contribution in [0.15, 0.2) is 28.8 Å². The SMILES string of the molecule is CNC(=O)C1CCN(Cc2noc(-c3ccc(F)cc3)n2)CC1. The van der Waals surface area contributed by atoms with E-state index in [1.54, 1.807) is 19.2 Å². The predicted octanol–water partition coefficient (Wildman–Crippen LogP) is 1.83. The Balaban J connectivity index is 1.58. The molecule has 1 fully saturated rings. The number of amides is 1. The van der Waals surface area contributed by atoms with Crippen LogP contribution in [0.4, 0.5) is 4.39 Å². The molecule has 2 heterocycles. The molecule has 0 spiro atoms. The number of halogens is 1. The van der Waals surface area contributed by atoms with Crippen molar-refractivity contribution < 1.29 is 13.7 Å². The number of likely N-dealkylation sites (tertiary alicyclic amines) is 1. The van der Waals surface area contributed by atoms with Crippen LogP contribution >= 0.6 is 0 Å². The van der Waals surface area contributed by atoms with Gasteiger partial charge in [-0.25, -0.2) is 4.39 Å². The van der Waals surface area contributed by atoms with E-state index in [1.165, 1.54) is 12.1 Å². The summed E-state index contributed by atoms with van der Waals surface area (Å²) in [5.41, 5.74) is 0.698. The molecule has 6 nitrogen and oxygen atoms in total. The summed E-state index contributed by atoms with van der Waals surface area (Å²) in [5.74, 6) is 0.898. The lowest BCUT2D eigenvalue weighted by molar-refractivity contribution is -0.125. The van der Waals surface area contributed by atoms with Crippen LogP contribution in [0.3, 0.4) is 0 Å². The van der Waals surface area contributed by atoms with Crippen molar-refractivity contribution in [2.45, 2.75) is 19.4 Å². The number of hydrogen-bond donors (Lipinski definition) is 1. The van der Waals surface area contributed by atoms with Gasteiger partial charge in [-0.15, -0.1) is 0 Å². The van der Waals surface area contributed by atoms with Crippen LogP contribution in [-0.2, 0) is 11.3 Å². The summed E-state index contributed by atoms with van der Waals surface area (Å²) in [6.07, 6.45) is 1.67. The summed E-state index contributed by atoms with van der Waals surface area (Å²) in [4.78, 5) is 18.2. The van der Waals surface area contributed by atoms with Crippen molar-refractivity contribution in [2.24, 2.45) is 5.92 Å². The largest absolute Gasteiger partial charge is 0.359 e. The Bertz CT molecular complexity index is 663. The van der Waals surface area contributed by atoms with Gasteiger partial charge in [0.2, 0.25) is 5.91 Å². The van der Waals surface area contributed by atoms with Crippen LogP contribution < -0.4 is 5.32 Å². The van der Waals surface area contributed by atoms with E-state index in [-0.39, 0.29) is 17.6 Å². The van der Waals surface area contributed by atoms with Crippen molar-refractivity contribution >= 4 is 5.91 Å². The third kappa shape index (κ3) is 3.73. The molecule has 0 radical (unpaired) electrons. The maximum absolute atomic E-state index is 12.9. The number of aromatic nitrogens is 2. The van der Waals surface area contributed by atoms with E-state index < -0.39 is 0 Å². The summed E-state index contributed by atoms with van der Waals surface area (Å²) < 4.78 is 18.2. The molecule has 3 rings (SSSR count). The van der Waals surface area contributed by atoms with Gasteiger partial charge in [0, 0.05) is 18.5 Å². The molecule has 1 aliphatic rings. The number of nitrogens with zero attached hydrogens (tertiary/aromatic N) is 3. The standard InChI is InChI=1S/C16H19FN4O2/c1-18-15(22)11-6-8-21(9-7-11)10-14-19-16(23-20-14)12-2-4-13(17)5-3-12/h2-5,11H,6-10H2,1H3,(H,18,22). The van der Waals surface area contributed by atoms with E-state index in [2.05, 4.69) is 20.4 Å². The Kier molecular flexibility index (Phi) is 4.66. The number of rotatable bonds is 4. The fourth-order valence-electron chi connectivity index (χ4n) is 2.79. The van der Waals surface area contributed by atoms with Gasteiger partial charge in [0.1, 0.15) is 5.82 Å². The molecule has 0 unspecified atom stereocenters. The fraction of sp³-hybridized carbons (Fsp3) is 0.438. The minimum Gasteiger partial charge on any atom is -0.359 e. The van der Waals surface area contributed by atoms with Crippen molar-refractivity contribution in [3.8, 4) is 11.5 Å². The molecule has 23 heavy (non-hydrogen) atoms. The average Bonchev–Trinajstić information content (AvgIpc) is 3.04. The second kappa shape index (κ2) is 6.87. The number of piperidine rings is 1. The molecule has 1 aromatic heterocycles. The molecule has 1 aromatic carbocycles. The third-order valence-corrected chi connectivity index (χ3v) is 4.13. The number of benzene rings is 1. The molecule has 122 valence electrons. The van der Waals surface area contributed by atoms with Crippen LogP contribution in [0.5, 0.6) is 0 Å². The first-order chi connectivity index (χ1) is 11.2. The second-order valence-corrected chi connectivity index (χ2v) is 5.69. The second-order valence-electron chi connectivity index (χ2n) is 5.69. The van der Waals surface area contributed by atoms with Crippen molar-refractivity contribution in [1.29, 1.82) is 0 Å². The van der Waals surface area contributed by atoms with Gasteiger partial charge in [-0.05, 0) is 50.2 Å². The van der Waals surface area contributed by atoms with Gasteiger partial charge in [-0.1, -0.05) is 5.16 Å². The van der Waals surface area contributed by atoms with Crippen molar-refractivity contribution in [3.63, 3.8) is 0 Å². The molecule has 0 bridgehead atoms. The van der Waals surface area contributed by atoms with Gasteiger partial charge in [0.25, 0.3) is 5.89 Å². The van der Waals surface area contributed by atoms with Crippen LogP contribution in [0.1, 0.15) is 18.7 Å². The molecule has 1 N–H and O–H groups in total. The van der Waals surface area contributed by atoms with Crippen molar-refractivity contribution in [1.82, 2.24) is 20.4 Å². The topological polar surface area (TPSA) is 71.3 Å². The smallest absolute Gasteiger partial charge is 0.257 e. The van der Waals surface area contributed by atoms with E-state index >= 15 is 0 Å². The number of carbonyl (C=O) groups is 1. The van der Waals surface area contributed by atoms with Gasteiger partial charge >= 0.3 is 0 Å². The third-order valence-electron chi connectivity index (χ3n) is 4.13. The first kappa shape index (κ1) is 15.6. The molecule has 1 amide bonds. The number of nitrogens with one attached hydrogen (secondary N) is 1. The summed E-state index contributed by atoms with van der Waals surface area (Å²) in [5, 5.41) is 6.68. The Morgan fingerprint density at radius 1 is 1.35 bits per heavy atom. The Hall–Kier alpha value is -2.28. The lowest BCUT2D eigenvalue weighted by Gasteiger charge is -2.29. The summed E-state index contributed by atoms with van der Waals surface area (Å²) in [6, 6.07) is 5.95. The molecule has 0 atom stereocenters. The molecule has 7 heteroatoms. The van der Waals surface area contributed by atoms with Gasteiger partial charge in [0.05, 0.1) is 6.54 Å². The highest BCUT2D eigenvalue weighted by atomic mass is 19.1. The van der Waals surface area contributed by atoms with E-state index in [0.717, 1.165) is 25.9 Å². The van der Waals surface area contributed by atoms with Crippen LogP contribution in [-0.4, -0.2) is 41.1 Å². The first-order valence-electron chi connectivity index (χ1n) is 7.68. The summed E-state index contributed by atoms with van der Waals surface area (Å²) in [6.45, 7) is 2.25. The zero-order valence-electron chi connectivity index (χ0n) is 13.0. The average molecular weight is 318 g/mol. The Labute approximate surface area is 133 Å². The predicted molar refractivity (Wildman–Crippen MR) is 81.8 cm³/mol. The van der Waals surface area contributed by atoms with Gasteiger partial charge in [-0.2, -0.15) is 4.98 Å². The maximum Gasteiger partial charge on any atom is 0.257 e. The minimum atomic E-state index is -0.299. The zero-order valence-corrected chi connectivity index (χ0v) is 13.0. The monoisotopic (exact) mass is 318 g/mol. The summed E-state index contributed by atoms with van der Waals surface area (Å²) >= 11 is 0. The van der Waals surface area contributed by atoms with Crippen LogP contribution in [0.2, 0.25) is 0 Å². The quantitative estimate of drug-likeness (QED) is 0.931. The lowest BCUT2D eigenvalue weighted by atomic mass is 9.96. The van der Waals surface area contributed by atoms with Crippen LogP contribution in [0.25, 0.3) is 11.5 Å². The molecular formula is C16H19FN4O2. The molecular weight excluding hydrogens is 299 g/mol. The summed E-state index contributed by atoms with van der Waals surface area (Å²) in [7, 11) is 1.67. The highest BCUT2D eigenvalue weighted by Crippen LogP contribution is 2.20. The first-order valence-corrected chi connectivity index (χ1v) is 7.68. The Morgan fingerprint density at radius 2 is 2.04 bits per heavy atom.